The van der Waals surface area contributed by atoms with Gasteiger partial charge in [-0.05, 0) is 25.1 Å². The number of hydrogen-bond acceptors (Lipinski definition) is 2. The molecule has 84 valence electrons. The first-order valence-corrected chi connectivity index (χ1v) is 5.63. The second kappa shape index (κ2) is 6.46. The number of nitrogens with one attached hydrogen (secondary N) is 1. The highest BCUT2D eigenvalue weighted by Crippen LogP contribution is 2.18. The third-order valence-electron chi connectivity index (χ3n) is 2.43. The SMILES string of the molecule is CCc1ccccc1OCC(C)CNC. The Bertz CT molecular complexity index is 286. The summed E-state index contributed by atoms with van der Waals surface area (Å²) in [6, 6.07) is 8.25. The summed E-state index contributed by atoms with van der Waals surface area (Å²) in [7, 11) is 1.97. The van der Waals surface area contributed by atoms with Crippen molar-refractivity contribution >= 4 is 0 Å². The van der Waals surface area contributed by atoms with E-state index >= 15 is 0 Å². The molecule has 1 atom stereocenters. The van der Waals surface area contributed by atoms with Crippen LogP contribution in [0.5, 0.6) is 5.75 Å². The average Bonchev–Trinajstić information content (AvgIpc) is 2.27. The number of ether oxygens (including phenoxy) is 1. The van der Waals surface area contributed by atoms with E-state index in [0.717, 1.165) is 25.3 Å². The zero-order chi connectivity index (χ0) is 11.1. The predicted molar refractivity (Wildman–Crippen MR) is 64.4 cm³/mol. The molecular formula is C13H21NO. The van der Waals surface area contributed by atoms with Crippen molar-refractivity contribution in [2.45, 2.75) is 20.3 Å². The Morgan fingerprint density at radius 1 is 1.33 bits per heavy atom. The smallest absolute Gasteiger partial charge is 0.122 e. The van der Waals surface area contributed by atoms with Crippen LogP contribution in [0.2, 0.25) is 0 Å². The molecule has 0 aliphatic heterocycles. The van der Waals surface area contributed by atoms with Gasteiger partial charge < -0.3 is 10.1 Å². The average molecular weight is 207 g/mol. The van der Waals surface area contributed by atoms with Crippen LogP contribution in [0, 0.1) is 5.92 Å². The van der Waals surface area contributed by atoms with Gasteiger partial charge in [0.25, 0.3) is 0 Å². The molecule has 0 spiro atoms. The molecular weight excluding hydrogens is 186 g/mol. The van der Waals surface area contributed by atoms with Crippen molar-refractivity contribution in [1.82, 2.24) is 5.32 Å². The van der Waals surface area contributed by atoms with E-state index in [-0.39, 0.29) is 0 Å². The van der Waals surface area contributed by atoms with Crippen LogP contribution in [0.3, 0.4) is 0 Å². The summed E-state index contributed by atoms with van der Waals surface area (Å²) in [6.07, 6.45) is 1.02. The first kappa shape index (κ1) is 12.1. The molecule has 15 heavy (non-hydrogen) atoms. The second-order valence-electron chi connectivity index (χ2n) is 3.94. The normalized spacial score (nSPS) is 12.5. The molecule has 2 heteroatoms. The molecule has 1 rings (SSSR count). The molecule has 0 aromatic heterocycles. The van der Waals surface area contributed by atoms with Crippen molar-refractivity contribution in [2.75, 3.05) is 20.2 Å². The van der Waals surface area contributed by atoms with Crippen LogP contribution in [0.15, 0.2) is 24.3 Å². The Labute approximate surface area is 92.6 Å². The number of benzene rings is 1. The molecule has 0 aliphatic rings. The fourth-order valence-corrected chi connectivity index (χ4v) is 1.58. The van der Waals surface area contributed by atoms with Gasteiger partial charge in [0, 0.05) is 12.5 Å². The summed E-state index contributed by atoms with van der Waals surface area (Å²) in [5.74, 6) is 1.57. The van der Waals surface area contributed by atoms with E-state index in [0.29, 0.717) is 5.92 Å². The van der Waals surface area contributed by atoms with Crippen LogP contribution in [0.25, 0.3) is 0 Å². The maximum atomic E-state index is 5.80. The Kier molecular flexibility index (Phi) is 5.19. The number of hydrogen-bond donors (Lipinski definition) is 1. The Morgan fingerprint density at radius 2 is 2.07 bits per heavy atom. The monoisotopic (exact) mass is 207 g/mol. The fourth-order valence-electron chi connectivity index (χ4n) is 1.58. The summed E-state index contributed by atoms with van der Waals surface area (Å²) in [5, 5.41) is 3.15. The molecule has 0 aliphatic carbocycles. The lowest BCUT2D eigenvalue weighted by atomic mass is 10.1. The highest BCUT2D eigenvalue weighted by Gasteiger charge is 2.04. The van der Waals surface area contributed by atoms with Crippen LogP contribution < -0.4 is 10.1 Å². The highest BCUT2D eigenvalue weighted by atomic mass is 16.5. The molecule has 2 nitrogen and oxygen atoms in total. The van der Waals surface area contributed by atoms with E-state index in [1.165, 1.54) is 5.56 Å². The molecule has 0 saturated heterocycles. The van der Waals surface area contributed by atoms with E-state index in [1.54, 1.807) is 0 Å². The van der Waals surface area contributed by atoms with E-state index < -0.39 is 0 Å². The lowest BCUT2D eigenvalue weighted by Crippen LogP contribution is -2.21. The van der Waals surface area contributed by atoms with E-state index in [2.05, 4.69) is 31.3 Å². The number of rotatable bonds is 6. The quantitative estimate of drug-likeness (QED) is 0.773. The predicted octanol–water partition coefficient (Wildman–Crippen LogP) is 2.48. The summed E-state index contributed by atoms with van der Waals surface area (Å²) < 4.78 is 5.80. The van der Waals surface area contributed by atoms with Gasteiger partial charge in [0.05, 0.1) is 6.61 Å². The summed E-state index contributed by atoms with van der Waals surface area (Å²) in [5.41, 5.74) is 1.29. The van der Waals surface area contributed by atoms with Gasteiger partial charge >= 0.3 is 0 Å². The maximum Gasteiger partial charge on any atom is 0.122 e. The fraction of sp³-hybridized carbons (Fsp3) is 0.538. The first-order chi connectivity index (χ1) is 7.27. The molecule has 0 bridgehead atoms. The van der Waals surface area contributed by atoms with Crippen molar-refractivity contribution in [3.05, 3.63) is 29.8 Å². The van der Waals surface area contributed by atoms with Gasteiger partial charge in [-0.1, -0.05) is 32.0 Å². The Morgan fingerprint density at radius 3 is 2.73 bits per heavy atom. The van der Waals surface area contributed by atoms with Crippen molar-refractivity contribution in [3.8, 4) is 5.75 Å². The van der Waals surface area contributed by atoms with Crippen molar-refractivity contribution in [1.29, 1.82) is 0 Å². The maximum absolute atomic E-state index is 5.80. The van der Waals surface area contributed by atoms with Gasteiger partial charge in [-0.25, -0.2) is 0 Å². The standard InChI is InChI=1S/C13H21NO/c1-4-12-7-5-6-8-13(12)15-10-11(2)9-14-3/h5-8,11,14H,4,9-10H2,1-3H3. The molecule has 1 N–H and O–H groups in total. The van der Waals surface area contributed by atoms with Crippen LogP contribution in [-0.4, -0.2) is 20.2 Å². The molecule has 0 amide bonds. The summed E-state index contributed by atoms with van der Waals surface area (Å²) >= 11 is 0. The second-order valence-corrected chi connectivity index (χ2v) is 3.94. The Balaban J connectivity index is 2.49. The summed E-state index contributed by atoms with van der Waals surface area (Å²) in [6.45, 7) is 6.11. The minimum Gasteiger partial charge on any atom is -0.493 e. The zero-order valence-electron chi connectivity index (χ0n) is 9.92. The molecule has 1 aromatic rings. The summed E-state index contributed by atoms with van der Waals surface area (Å²) in [4.78, 5) is 0. The molecule has 0 saturated carbocycles. The lowest BCUT2D eigenvalue weighted by molar-refractivity contribution is 0.256. The highest BCUT2D eigenvalue weighted by molar-refractivity contribution is 5.33. The van der Waals surface area contributed by atoms with Gasteiger partial charge in [-0.3, -0.25) is 0 Å². The largest absolute Gasteiger partial charge is 0.493 e. The topological polar surface area (TPSA) is 21.3 Å². The van der Waals surface area contributed by atoms with Crippen molar-refractivity contribution < 1.29 is 4.74 Å². The van der Waals surface area contributed by atoms with E-state index in [9.17, 15) is 0 Å². The van der Waals surface area contributed by atoms with Gasteiger partial charge in [-0.2, -0.15) is 0 Å². The molecule has 1 unspecified atom stereocenters. The van der Waals surface area contributed by atoms with Gasteiger partial charge in [0.1, 0.15) is 5.75 Å². The Hall–Kier alpha value is -1.02. The minimum absolute atomic E-state index is 0.542. The lowest BCUT2D eigenvalue weighted by Gasteiger charge is -2.14. The van der Waals surface area contributed by atoms with Crippen LogP contribution in [0.1, 0.15) is 19.4 Å². The minimum atomic E-state index is 0.542. The number of para-hydroxylation sites is 1. The number of aryl methyl sites for hydroxylation is 1. The van der Waals surface area contributed by atoms with Crippen molar-refractivity contribution in [2.24, 2.45) is 5.92 Å². The zero-order valence-corrected chi connectivity index (χ0v) is 9.92. The van der Waals surface area contributed by atoms with Crippen molar-refractivity contribution in [3.63, 3.8) is 0 Å². The molecule has 0 heterocycles. The van der Waals surface area contributed by atoms with Crippen LogP contribution >= 0.6 is 0 Å². The van der Waals surface area contributed by atoms with E-state index in [1.807, 2.05) is 19.2 Å². The van der Waals surface area contributed by atoms with Crippen LogP contribution in [0.4, 0.5) is 0 Å². The van der Waals surface area contributed by atoms with Crippen LogP contribution in [-0.2, 0) is 6.42 Å². The van der Waals surface area contributed by atoms with Gasteiger partial charge in [0.2, 0.25) is 0 Å². The third kappa shape index (κ3) is 3.92. The first-order valence-electron chi connectivity index (χ1n) is 5.63. The van der Waals surface area contributed by atoms with Gasteiger partial charge in [-0.15, -0.1) is 0 Å². The third-order valence-corrected chi connectivity index (χ3v) is 2.43. The van der Waals surface area contributed by atoms with E-state index in [4.69, 9.17) is 4.74 Å². The molecule has 0 radical (unpaired) electrons. The van der Waals surface area contributed by atoms with Gasteiger partial charge in [0.15, 0.2) is 0 Å². The molecule has 0 fully saturated rings. The molecule has 1 aromatic carbocycles.